The van der Waals surface area contributed by atoms with Crippen molar-refractivity contribution in [2.24, 2.45) is 0 Å². The second-order valence-corrected chi connectivity index (χ2v) is 9.03. The van der Waals surface area contributed by atoms with Crippen LogP contribution < -0.4 is 16.6 Å². The number of nitrogens with zero attached hydrogens (tertiary/aromatic N) is 2. The van der Waals surface area contributed by atoms with Gasteiger partial charge in [0.1, 0.15) is 24.3 Å². The number of ether oxygens (including phenoxy) is 2. The molecule has 174 valence electrons. The van der Waals surface area contributed by atoms with Crippen LogP contribution in [0.3, 0.4) is 0 Å². The van der Waals surface area contributed by atoms with Crippen LogP contribution in [-0.2, 0) is 25.6 Å². The fraction of sp³-hybridized carbons (Fsp3) is 0.650. The number of nitrogens with one attached hydrogen (secondary N) is 2. The average molecular weight is 440 g/mol. The Morgan fingerprint density at radius 2 is 1.65 bits per heavy atom. The minimum Gasteiger partial charge on any atom is -0.459 e. The van der Waals surface area contributed by atoms with Crippen LogP contribution in [0.1, 0.15) is 47.1 Å². The van der Waals surface area contributed by atoms with Crippen LogP contribution in [0.4, 0.5) is 4.79 Å². The summed E-state index contributed by atoms with van der Waals surface area (Å²) in [4.78, 5) is 63.6. The summed E-state index contributed by atoms with van der Waals surface area (Å²) in [5.74, 6) is -1.20. The van der Waals surface area contributed by atoms with Gasteiger partial charge in [0.2, 0.25) is 5.91 Å². The van der Waals surface area contributed by atoms with E-state index in [4.69, 9.17) is 9.47 Å². The minimum atomic E-state index is -0.743. The first-order chi connectivity index (χ1) is 14.1. The van der Waals surface area contributed by atoms with Crippen molar-refractivity contribution in [1.29, 1.82) is 0 Å². The summed E-state index contributed by atoms with van der Waals surface area (Å²) in [6.07, 6.45) is 0.605. The van der Waals surface area contributed by atoms with Gasteiger partial charge >= 0.3 is 17.8 Å². The van der Waals surface area contributed by atoms with E-state index in [2.05, 4.69) is 10.3 Å². The maximum Gasteiger partial charge on any atom is 0.407 e. The molecular weight excluding hydrogens is 408 g/mol. The molecule has 1 aromatic rings. The lowest BCUT2D eigenvalue weighted by Gasteiger charge is -2.26. The number of aryl methyl sites for hydroxylation is 1. The zero-order valence-corrected chi connectivity index (χ0v) is 19.2. The molecule has 1 rings (SSSR count). The smallest absolute Gasteiger partial charge is 0.407 e. The van der Waals surface area contributed by atoms with Crippen molar-refractivity contribution in [3.8, 4) is 0 Å². The Morgan fingerprint density at radius 1 is 1.06 bits per heavy atom. The number of aromatic amines is 1. The molecule has 0 unspecified atom stereocenters. The summed E-state index contributed by atoms with van der Waals surface area (Å²) < 4.78 is 11.4. The van der Waals surface area contributed by atoms with Crippen molar-refractivity contribution in [3.05, 3.63) is 32.6 Å². The first kappa shape index (κ1) is 25.9. The zero-order chi connectivity index (χ0) is 24.0. The topological polar surface area (TPSA) is 140 Å². The van der Waals surface area contributed by atoms with Crippen molar-refractivity contribution in [3.63, 3.8) is 0 Å². The number of H-pyrrole nitrogens is 1. The Balaban J connectivity index is 2.90. The molecule has 0 bridgehead atoms. The third-order valence-electron chi connectivity index (χ3n) is 3.64. The summed E-state index contributed by atoms with van der Waals surface area (Å²) >= 11 is 0. The van der Waals surface area contributed by atoms with Gasteiger partial charge in [-0.3, -0.25) is 23.9 Å². The van der Waals surface area contributed by atoms with Crippen molar-refractivity contribution in [2.75, 3.05) is 19.6 Å². The molecule has 1 heterocycles. The average Bonchev–Trinajstić information content (AvgIpc) is 2.55. The summed E-state index contributed by atoms with van der Waals surface area (Å²) in [6.45, 7) is 11.0. The highest BCUT2D eigenvalue weighted by molar-refractivity contribution is 5.82. The molecule has 11 heteroatoms. The van der Waals surface area contributed by atoms with Crippen molar-refractivity contribution in [2.45, 2.75) is 66.2 Å². The highest BCUT2D eigenvalue weighted by Crippen LogP contribution is 2.08. The molecule has 0 aliphatic rings. The molecule has 0 saturated carbocycles. The Labute approximate surface area is 180 Å². The molecule has 0 aromatic carbocycles. The van der Waals surface area contributed by atoms with Gasteiger partial charge in [0, 0.05) is 24.8 Å². The molecule has 11 nitrogen and oxygen atoms in total. The van der Waals surface area contributed by atoms with E-state index in [9.17, 15) is 24.0 Å². The van der Waals surface area contributed by atoms with Crippen LogP contribution in [0.5, 0.6) is 0 Å². The molecule has 0 aliphatic heterocycles. The van der Waals surface area contributed by atoms with E-state index in [0.717, 1.165) is 4.57 Å². The highest BCUT2D eigenvalue weighted by atomic mass is 16.6. The Kier molecular flexibility index (Phi) is 8.59. The molecule has 2 amide bonds. The number of esters is 1. The van der Waals surface area contributed by atoms with E-state index >= 15 is 0 Å². The van der Waals surface area contributed by atoms with E-state index in [1.165, 1.54) is 18.0 Å². The number of hydrogen-bond donors (Lipinski definition) is 2. The number of aromatic nitrogens is 2. The third-order valence-corrected chi connectivity index (χ3v) is 3.64. The van der Waals surface area contributed by atoms with E-state index in [1.807, 2.05) is 0 Å². The van der Waals surface area contributed by atoms with Crippen molar-refractivity contribution >= 4 is 18.0 Å². The maximum absolute atomic E-state index is 12.8. The van der Waals surface area contributed by atoms with E-state index in [-0.39, 0.29) is 25.2 Å². The maximum atomic E-state index is 12.8. The molecule has 2 N–H and O–H groups in total. The summed E-state index contributed by atoms with van der Waals surface area (Å²) in [7, 11) is 0. The van der Waals surface area contributed by atoms with Gasteiger partial charge in [0.25, 0.3) is 5.56 Å². The van der Waals surface area contributed by atoms with Crippen molar-refractivity contribution in [1.82, 2.24) is 19.8 Å². The van der Waals surface area contributed by atoms with Gasteiger partial charge in [-0.25, -0.2) is 9.59 Å². The normalized spacial score (nSPS) is 11.6. The molecule has 31 heavy (non-hydrogen) atoms. The molecule has 0 radical (unpaired) electrons. The number of alkyl carbamates (subject to hydrolysis) is 1. The second-order valence-electron chi connectivity index (χ2n) is 9.03. The number of amides is 2. The molecular formula is C20H32N4O7. The van der Waals surface area contributed by atoms with Gasteiger partial charge in [0.15, 0.2) is 0 Å². The number of rotatable bonds is 7. The van der Waals surface area contributed by atoms with Crippen LogP contribution in [0.15, 0.2) is 15.8 Å². The standard InChI is InChI=1S/C20H32N4O7/c1-13-10-24(17(28)22-16(13)27)11-14(25)23(12-15(26)30-19(2,3)4)9-8-21-18(29)31-20(5,6)7/h10H,8-9,11-12H2,1-7H3,(H,21,29)(H,22,27,28). The summed E-state index contributed by atoms with van der Waals surface area (Å²) in [5, 5.41) is 2.51. The lowest BCUT2D eigenvalue weighted by atomic mass is 10.2. The first-order valence-corrected chi connectivity index (χ1v) is 9.84. The van der Waals surface area contributed by atoms with Crippen molar-refractivity contribution < 1.29 is 23.9 Å². The quantitative estimate of drug-likeness (QED) is 0.590. The largest absolute Gasteiger partial charge is 0.459 e. The second kappa shape index (κ2) is 10.3. The van der Waals surface area contributed by atoms with E-state index in [1.54, 1.807) is 41.5 Å². The van der Waals surface area contributed by atoms with Gasteiger partial charge < -0.3 is 19.7 Å². The fourth-order valence-electron chi connectivity index (χ4n) is 2.41. The molecule has 0 spiro atoms. The Bertz CT molecular complexity index is 919. The number of carbonyl (C=O) groups excluding carboxylic acids is 3. The third kappa shape index (κ3) is 9.96. The molecule has 0 aliphatic carbocycles. The van der Waals surface area contributed by atoms with Gasteiger partial charge in [-0.15, -0.1) is 0 Å². The Morgan fingerprint density at radius 3 is 2.19 bits per heavy atom. The summed E-state index contributed by atoms with van der Waals surface area (Å²) in [6, 6.07) is 0. The lowest BCUT2D eigenvalue weighted by molar-refractivity contribution is -0.159. The van der Waals surface area contributed by atoms with E-state index in [0.29, 0.717) is 0 Å². The zero-order valence-electron chi connectivity index (χ0n) is 19.2. The minimum absolute atomic E-state index is 0.0169. The van der Waals surface area contributed by atoms with Gasteiger partial charge in [-0.1, -0.05) is 0 Å². The van der Waals surface area contributed by atoms with Crippen LogP contribution >= 0.6 is 0 Å². The number of hydrogen-bond acceptors (Lipinski definition) is 7. The van der Waals surface area contributed by atoms with Gasteiger partial charge in [-0.05, 0) is 48.5 Å². The van der Waals surface area contributed by atoms with Gasteiger partial charge in [0.05, 0.1) is 0 Å². The van der Waals surface area contributed by atoms with Crippen LogP contribution in [-0.4, -0.2) is 63.3 Å². The monoisotopic (exact) mass is 440 g/mol. The number of carbonyl (C=O) groups is 3. The Hall–Kier alpha value is -3.11. The molecule has 0 atom stereocenters. The van der Waals surface area contributed by atoms with Crippen LogP contribution in [0.2, 0.25) is 0 Å². The first-order valence-electron chi connectivity index (χ1n) is 9.84. The lowest BCUT2D eigenvalue weighted by Crippen LogP contribution is -2.46. The highest BCUT2D eigenvalue weighted by Gasteiger charge is 2.23. The van der Waals surface area contributed by atoms with Crippen LogP contribution in [0, 0.1) is 6.92 Å². The van der Waals surface area contributed by atoms with E-state index < -0.39 is 47.0 Å². The predicted molar refractivity (Wildman–Crippen MR) is 113 cm³/mol. The predicted octanol–water partition coefficient (Wildman–Crippen LogP) is 0.540. The molecule has 0 saturated heterocycles. The SMILES string of the molecule is Cc1cn(CC(=O)N(CCNC(=O)OC(C)(C)C)CC(=O)OC(C)(C)C)c(=O)[nH]c1=O. The summed E-state index contributed by atoms with van der Waals surface area (Å²) in [5.41, 5.74) is -2.45. The molecule has 1 aromatic heterocycles. The van der Waals surface area contributed by atoms with Crippen LogP contribution in [0.25, 0.3) is 0 Å². The van der Waals surface area contributed by atoms with Gasteiger partial charge in [-0.2, -0.15) is 0 Å². The molecule has 0 fully saturated rings. The fourth-order valence-corrected chi connectivity index (χ4v) is 2.41.